The zero-order valence-electron chi connectivity index (χ0n) is 12.8. The van der Waals surface area contributed by atoms with E-state index in [0.717, 1.165) is 6.42 Å². The lowest BCUT2D eigenvalue weighted by atomic mass is 10.1. The van der Waals surface area contributed by atoms with E-state index in [-0.39, 0.29) is 23.6 Å². The third-order valence-electron chi connectivity index (χ3n) is 3.79. The molecule has 0 saturated heterocycles. The fraction of sp³-hybridized carbons (Fsp3) is 0.500. The van der Waals surface area contributed by atoms with Crippen LogP contribution in [0.2, 0.25) is 0 Å². The summed E-state index contributed by atoms with van der Waals surface area (Å²) in [5.41, 5.74) is 1.23. The van der Waals surface area contributed by atoms with Crippen LogP contribution in [0.3, 0.4) is 0 Å². The molecule has 1 heterocycles. The van der Waals surface area contributed by atoms with Crippen molar-refractivity contribution in [3.05, 3.63) is 29.8 Å². The van der Waals surface area contributed by atoms with Gasteiger partial charge in [0.25, 0.3) is 0 Å². The Morgan fingerprint density at radius 2 is 1.90 bits per heavy atom. The van der Waals surface area contributed by atoms with Crippen LogP contribution in [0.5, 0.6) is 0 Å². The first-order valence-corrected chi connectivity index (χ1v) is 8.22. The molecule has 0 fully saturated rings. The van der Waals surface area contributed by atoms with E-state index in [2.05, 4.69) is 6.07 Å². The number of rotatable bonds is 5. The molecule has 0 saturated carbocycles. The van der Waals surface area contributed by atoms with Gasteiger partial charge in [0.05, 0.1) is 11.8 Å². The number of thioether (sulfide) groups is 1. The number of nitrogens with zero attached hydrogens (tertiary/aromatic N) is 2. The van der Waals surface area contributed by atoms with Crippen LogP contribution in [0.25, 0.3) is 0 Å². The summed E-state index contributed by atoms with van der Waals surface area (Å²) in [7, 11) is 1.72. The fourth-order valence-corrected chi connectivity index (χ4v) is 3.83. The lowest BCUT2D eigenvalue weighted by Gasteiger charge is -2.24. The molecule has 1 aromatic carbocycles. The van der Waals surface area contributed by atoms with Gasteiger partial charge in [-0.15, -0.1) is 11.8 Å². The predicted octanol–water partition coefficient (Wildman–Crippen LogP) is 2.03. The van der Waals surface area contributed by atoms with Gasteiger partial charge >= 0.3 is 0 Å². The summed E-state index contributed by atoms with van der Waals surface area (Å²) in [4.78, 5) is 29.1. The van der Waals surface area contributed by atoms with Crippen molar-refractivity contribution in [2.75, 3.05) is 26.7 Å². The molecule has 0 radical (unpaired) electrons. The Labute approximate surface area is 130 Å². The topological polar surface area (TPSA) is 40.6 Å². The third kappa shape index (κ3) is 3.59. The highest BCUT2D eigenvalue weighted by Gasteiger charge is 2.31. The first-order chi connectivity index (χ1) is 10.1. The highest BCUT2D eigenvalue weighted by Crippen LogP contribution is 2.37. The van der Waals surface area contributed by atoms with E-state index in [1.165, 1.54) is 10.5 Å². The number of fused-ring (bicyclic) bond motifs is 1. The molecule has 0 bridgehead atoms. The van der Waals surface area contributed by atoms with Crippen LogP contribution in [0.1, 0.15) is 19.4 Å². The Hall–Kier alpha value is -1.49. The van der Waals surface area contributed by atoms with Crippen molar-refractivity contribution >= 4 is 23.6 Å². The predicted molar refractivity (Wildman–Crippen MR) is 85.4 cm³/mol. The second-order valence-electron chi connectivity index (χ2n) is 5.18. The van der Waals surface area contributed by atoms with E-state index >= 15 is 0 Å². The highest BCUT2D eigenvalue weighted by atomic mass is 32.2. The maximum absolute atomic E-state index is 12.5. The quantitative estimate of drug-likeness (QED) is 0.836. The molecule has 1 unspecified atom stereocenters. The summed E-state index contributed by atoms with van der Waals surface area (Å²) < 4.78 is 0. The third-order valence-corrected chi connectivity index (χ3v) is 5.09. The van der Waals surface area contributed by atoms with Gasteiger partial charge in [0.15, 0.2) is 0 Å². The molecule has 1 aliphatic rings. The molecule has 1 aliphatic heterocycles. The smallest absolute Gasteiger partial charge is 0.242 e. The number of hydrogen-bond donors (Lipinski definition) is 0. The Kier molecular flexibility index (Phi) is 5.28. The summed E-state index contributed by atoms with van der Waals surface area (Å²) in [6, 6.07) is 8.11. The lowest BCUT2D eigenvalue weighted by molar-refractivity contribution is -0.138. The molecule has 5 heteroatoms. The molecule has 0 aliphatic carbocycles. The minimum Gasteiger partial charge on any atom is -0.342 e. The minimum absolute atomic E-state index is 0.0105. The van der Waals surface area contributed by atoms with Gasteiger partial charge in [-0.25, -0.2) is 0 Å². The van der Waals surface area contributed by atoms with Crippen molar-refractivity contribution in [3.8, 4) is 0 Å². The summed E-state index contributed by atoms with van der Waals surface area (Å²) >= 11 is 1.60. The number of hydrogen-bond acceptors (Lipinski definition) is 3. The average molecular weight is 306 g/mol. The molecular weight excluding hydrogens is 284 g/mol. The summed E-state index contributed by atoms with van der Waals surface area (Å²) in [5, 5.41) is -0.100. The molecule has 114 valence electrons. The van der Waals surface area contributed by atoms with Gasteiger partial charge in [0, 0.05) is 25.0 Å². The number of carbonyl (C=O) groups excluding carboxylic acids is 2. The lowest BCUT2D eigenvalue weighted by Crippen LogP contribution is -2.43. The van der Waals surface area contributed by atoms with E-state index in [1.807, 2.05) is 32.0 Å². The molecule has 4 nitrogen and oxygen atoms in total. The number of amides is 2. The van der Waals surface area contributed by atoms with E-state index in [9.17, 15) is 9.59 Å². The minimum atomic E-state index is -0.100. The SMILES string of the molecule is CCN(CC)C(=O)CN(C)C(=O)C1Cc2ccccc2S1. The van der Waals surface area contributed by atoms with Gasteiger partial charge < -0.3 is 9.80 Å². The van der Waals surface area contributed by atoms with Crippen molar-refractivity contribution in [2.45, 2.75) is 30.4 Å². The molecule has 2 rings (SSSR count). The Balaban J connectivity index is 1.94. The molecular formula is C16H22N2O2S. The van der Waals surface area contributed by atoms with Gasteiger partial charge in [-0.1, -0.05) is 18.2 Å². The molecule has 21 heavy (non-hydrogen) atoms. The number of likely N-dealkylation sites (N-methyl/N-ethyl adjacent to an activating group) is 2. The van der Waals surface area contributed by atoms with Crippen LogP contribution in [0.15, 0.2) is 29.2 Å². The van der Waals surface area contributed by atoms with E-state index in [0.29, 0.717) is 13.1 Å². The van der Waals surface area contributed by atoms with Crippen LogP contribution >= 0.6 is 11.8 Å². The van der Waals surface area contributed by atoms with Crippen LogP contribution in [0, 0.1) is 0 Å². The summed E-state index contributed by atoms with van der Waals surface area (Å²) in [6.07, 6.45) is 0.753. The normalized spacial score (nSPS) is 16.4. The fourth-order valence-electron chi connectivity index (χ4n) is 2.52. The summed E-state index contributed by atoms with van der Waals surface area (Å²) in [5.74, 6) is 0.0491. The van der Waals surface area contributed by atoms with Gasteiger partial charge in [0.1, 0.15) is 0 Å². The maximum Gasteiger partial charge on any atom is 0.242 e. The first-order valence-electron chi connectivity index (χ1n) is 7.34. The highest BCUT2D eigenvalue weighted by molar-refractivity contribution is 8.01. The average Bonchev–Trinajstić information content (AvgIpc) is 2.91. The van der Waals surface area contributed by atoms with Gasteiger partial charge in [-0.2, -0.15) is 0 Å². The van der Waals surface area contributed by atoms with E-state index in [4.69, 9.17) is 0 Å². The van der Waals surface area contributed by atoms with Crippen molar-refractivity contribution in [1.29, 1.82) is 0 Å². The van der Waals surface area contributed by atoms with Crippen LogP contribution in [0.4, 0.5) is 0 Å². The second kappa shape index (κ2) is 6.98. The summed E-state index contributed by atoms with van der Waals surface area (Å²) in [6.45, 7) is 5.43. The molecule has 1 aromatic rings. The van der Waals surface area contributed by atoms with Crippen molar-refractivity contribution in [3.63, 3.8) is 0 Å². The number of carbonyl (C=O) groups is 2. The zero-order valence-corrected chi connectivity index (χ0v) is 13.7. The van der Waals surface area contributed by atoms with Crippen molar-refractivity contribution in [2.24, 2.45) is 0 Å². The second-order valence-corrected chi connectivity index (χ2v) is 6.42. The van der Waals surface area contributed by atoms with Gasteiger partial charge in [-0.05, 0) is 31.9 Å². The Bertz CT molecular complexity index is 504. The van der Waals surface area contributed by atoms with Crippen LogP contribution < -0.4 is 0 Å². The van der Waals surface area contributed by atoms with Crippen LogP contribution in [-0.2, 0) is 16.0 Å². The van der Waals surface area contributed by atoms with Gasteiger partial charge in [-0.3, -0.25) is 9.59 Å². The standard InChI is InChI=1S/C16H22N2O2S/c1-4-18(5-2)15(19)11-17(3)16(20)14-10-12-8-6-7-9-13(12)21-14/h6-9,14H,4-5,10-11H2,1-3H3. The van der Waals surface area contributed by atoms with Crippen LogP contribution in [-0.4, -0.2) is 53.5 Å². The monoisotopic (exact) mass is 306 g/mol. The maximum atomic E-state index is 12.5. The van der Waals surface area contributed by atoms with Gasteiger partial charge in [0.2, 0.25) is 11.8 Å². The molecule has 0 aromatic heterocycles. The molecule has 0 spiro atoms. The zero-order chi connectivity index (χ0) is 15.4. The largest absolute Gasteiger partial charge is 0.342 e. The van der Waals surface area contributed by atoms with Crippen molar-refractivity contribution in [1.82, 2.24) is 9.80 Å². The van der Waals surface area contributed by atoms with E-state index < -0.39 is 0 Å². The van der Waals surface area contributed by atoms with E-state index in [1.54, 1.807) is 28.6 Å². The molecule has 0 N–H and O–H groups in total. The number of benzene rings is 1. The molecule has 2 amide bonds. The molecule has 1 atom stereocenters. The van der Waals surface area contributed by atoms with Crippen molar-refractivity contribution < 1.29 is 9.59 Å². The first kappa shape index (κ1) is 15.9. The Morgan fingerprint density at radius 3 is 2.52 bits per heavy atom. The Morgan fingerprint density at radius 1 is 1.24 bits per heavy atom.